The summed E-state index contributed by atoms with van der Waals surface area (Å²) in [6, 6.07) is 11.8. The van der Waals surface area contributed by atoms with Crippen molar-refractivity contribution in [3.63, 3.8) is 0 Å². The van der Waals surface area contributed by atoms with E-state index < -0.39 is 9.84 Å². The zero-order valence-electron chi connectivity index (χ0n) is 16.6. The molecule has 1 amide bonds. The number of imidazole rings is 1. The summed E-state index contributed by atoms with van der Waals surface area (Å²) in [7, 11) is -3.07. The Morgan fingerprint density at radius 1 is 1.33 bits per heavy atom. The molecule has 1 aliphatic rings. The topological polar surface area (TPSA) is 72.3 Å². The van der Waals surface area contributed by atoms with E-state index in [-0.39, 0.29) is 29.2 Å². The summed E-state index contributed by atoms with van der Waals surface area (Å²) in [5.41, 5.74) is 2.15. The molecule has 4 rings (SSSR count). The number of aromatic nitrogens is 2. The summed E-state index contributed by atoms with van der Waals surface area (Å²) in [4.78, 5) is 20.3. The maximum absolute atomic E-state index is 13.1. The molecule has 3 aromatic rings. The number of thiophene rings is 1. The molecule has 9 heteroatoms. The van der Waals surface area contributed by atoms with Crippen LogP contribution in [-0.4, -0.2) is 52.1 Å². The lowest BCUT2D eigenvalue weighted by Crippen LogP contribution is -2.41. The average molecular weight is 462 g/mol. The predicted molar refractivity (Wildman–Crippen MR) is 121 cm³/mol. The minimum atomic E-state index is -3.07. The minimum Gasteiger partial charge on any atom is -0.333 e. The second kappa shape index (κ2) is 8.95. The molecule has 0 saturated carbocycles. The predicted octanol–water partition coefficient (Wildman–Crippen LogP) is 3.55. The van der Waals surface area contributed by atoms with Gasteiger partial charge in [0.2, 0.25) is 5.91 Å². The van der Waals surface area contributed by atoms with Crippen molar-refractivity contribution >= 4 is 38.8 Å². The van der Waals surface area contributed by atoms with Gasteiger partial charge >= 0.3 is 0 Å². The molecule has 1 aliphatic heterocycles. The first kappa shape index (κ1) is 21.1. The molecule has 3 heterocycles. The quantitative estimate of drug-likeness (QED) is 0.503. The Morgan fingerprint density at radius 2 is 2.20 bits per heavy atom. The second-order valence-corrected chi connectivity index (χ2v) is 11.6. The zero-order valence-corrected chi connectivity index (χ0v) is 19.0. The molecule has 1 unspecified atom stereocenters. The Labute approximate surface area is 184 Å². The molecule has 2 aromatic heterocycles. The van der Waals surface area contributed by atoms with Crippen LogP contribution < -0.4 is 0 Å². The minimum absolute atomic E-state index is 0.0483. The standard InChI is InChI=1S/C21H23N3O3S3/c1-16-4-2-5-17(12-16)23-9-8-22-21(23)29-14-20(25)24(13-19-6-3-10-28-19)18-7-11-30(26,27)15-18/h2-6,8-10,12,18H,7,11,13-15H2,1H3. The number of carbonyl (C=O) groups excluding carboxylic acids is 1. The summed E-state index contributed by atoms with van der Waals surface area (Å²) < 4.78 is 25.9. The molecular weight excluding hydrogens is 438 g/mol. The van der Waals surface area contributed by atoms with Crippen molar-refractivity contribution in [1.82, 2.24) is 14.5 Å². The lowest BCUT2D eigenvalue weighted by molar-refractivity contribution is -0.130. The van der Waals surface area contributed by atoms with Crippen LogP contribution in [0.2, 0.25) is 0 Å². The summed E-state index contributed by atoms with van der Waals surface area (Å²) in [5, 5.41) is 2.71. The third-order valence-electron chi connectivity index (χ3n) is 5.09. The summed E-state index contributed by atoms with van der Waals surface area (Å²) >= 11 is 2.95. The van der Waals surface area contributed by atoms with Gasteiger partial charge in [0.25, 0.3) is 0 Å². The number of nitrogens with zero attached hydrogens (tertiary/aromatic N) is 3. The third-order valence-corrected chi connectivity index (χ3v) is 8.65. The first-order valence-electron chi connectivity index (χ1n) is 9.67. The molecule has 0 aliphatic carbocycles. The number of aryl methyl sites for hydroxylation is 1. The third kappa shape index (κ3) is 4.96. The van der Waals surface area contributed by atoms with E-state index in [1.807, 2.05) is 53.4 Å². The summed E-state index contributed by atoms with van der Waals surface area (Å²) in [5.74, 6) is 0.350. The molecule has 1 atom stereocenters. The summed E-state index contributed by atoms with van der Waals surface area (Å²) in [6.07, 6.45) is 4.11. The van der Waals surface area contributed by atoms with Crippen LogP contribution >= 0.6 is 23.1 Å². The van der Waals surface area contributed by atoms with Gasteiger partial charge in [-0.1, -0.05) is 30.0 Å². The van der Waals surface area contributed by atoms with Gasteiger partial charge in [0.05, 0.1) is 23.8 Å². The van der Waals surface area contributed by atoms with Crippen LogP contribution in [0.15, 0.2) is 59.3 Å². The van der Waals surface area contributed by atoms with Crippen molar-refractivity contribution in [2.45, 2.75) is 31.1 Å². The van der Waals surface area contributed by atoms with Gasteiger partial charge in [0, 0.05) is 29.0 Å². The van der Waals surface area contributed by atoms with Crippen molar-refractivity contribution in [1.29, 1.82) is 0 Å². The largest absolute Gasteiger partial charge is 0.333 e. The Kier molecular flexibility index (Phi) is 6.31. The normalized spacial score (nSPS) is 17.8. The molecular formula is C21H23N3O3S3. The van der Waals surface area contributed by atoms with Crippen LogP contribution in [0.25, 0.3) is 5.69 Å². The zero-order chi connectivity index (χ0) is 21.1. The van der Waals surface area contributed by atoms with Gasteiger partial charge in [0.15, 0.2) is 15.0 Å². The van der Waals surface area contributed by atoms with Crippen LogP contribution in [0, 0.1) is 6.92 Å². The average Bonchev–Trinajstić information content (AvgIpc) is 3.45. The second-order valence-electron chi connectivity index (χ2n) is 7.37. The van der Waals surface area contributed by atoms with Gasteiger partial charge in [0.1, 0.15) is 0 Å². The fraction of sp³-hybridized carbons (Fsp3) is 0.333. The molecule has 0 bridgehead atoms. The van der Waals surface area contributed by atoms with Crippen LogP contribution in [0.4, 0.5) is 0 Å². The van der Waals surface area contributed by atoms with E-state index in [1.54, 1.807) is 22.4 Å². The van der Waals surface area contributed by atoms with Crippen molar-refractivity contribution in [2.75, 3.05) is 17.3 Å². The fourth-order valence-electron chi connectivity index (χ4n) is 3.59. The van der Waals surface area contributed by atoms with Crippen LogP contribution in [0.5, 0.6) is 0 Å². The van der Waals surface area contributed by atoms with E-state index in [2.05, 4.69) is 11.1 Å². The molecule has 1 aromatic carbocycles. The highest BCUT2D eigenvalue weighted by Crippen LogP contribution is 2.25. The van der Waals surface area contributed by atoms with E-state index >= 15 is 0 Å². The van der Waals surface area contributed by atoms with Crippen molar-refractivity contribution in [3.8, 4) is 5.69 Å². The van der Waals surface area contributed by atoms with Gasteiger partial charge in [-0.15, -0.1) is 11.3 Å². The lowest BCUT2D eigenvalue weighted by atomic mass is 10.2. The molecule has 158 valence electrons. The fourth-order valence-corrected chi connectivity index (χ4v) is 6.89. The van der Waals surface area contributed by atoms with E-state index in [0.717, 1.165) is 21.3 Å². The molecule has 1 fully saturated rings. The van der Waals surface area contributed by atoms with Gasteiger partial charge in [-0.3, -0.25) is 9.36 Å². The molecule has 1 saturated heterocycles. The highest BCUT2D eigenvalue weighted by Gasteiger charge is 2.34. The number of thioether (sulfide) groups is 1. The van der Waals surface area contributed by atoms with E-state index in [1.165, 1.54) is 11.8 Å². The molecule has 0 N–H and O–H groups in total. The number of rotatable bonds is 7. The van der Waals surface area contributed by atoms with Crippen LogP contribution in [-0.2, 0) is 21.2 Å². The van der Waals surface area contributed by atoms with E-state index in [0.29, 0.717) is 13.0 Å². The number of hydrogen-bond acceptors (Lipinski definition) is 6. The number of hydrogen-bond donors (Lipinski definition) is 0. The Balaban J connectivity index is 1.49. The van der Waals surface area contributed by atoms with E-state index in [4.69, 9.17) is 0 Å². The maximum Gasteiger partial charge on any atom is 0.233 e. The first-order valence-corrected chi connectivity index (χ1v) is 13.4. The number of amides is 1. The lowest BCUT2D eigenvalue weighted by Gasteiger charge is -2.27. The highest BCUT2D eigenvalue weighted by atomic mass is 32.2. The van der Waals surface area contributed by atoms with Crippen molar-refractivity contribution < 1.29 is 13.2 Å². The summed E-state index contributed by atoms with van der Waals surface area (Å²) in [6.45, 7) is 2.48. The highest BCUT2D eigenvalue weighted by molar-refractivity contribution is 7.99. The van der Waals surface area contributed by atoms with Crippen LogP contribution in [0.1, 0.15) is 16.9 Å². The molecule has 6 nitrogen and oxygen atoms in total. The Bertz CT molecular complexity index is 1120. The monoisotopic (exact) mass is 461 g/mol. The number of sulfone groups is 1. The first-order chi connectivity index (χ1) is 14.4. The van der Waals surface area contributed by atoms with Gasteiger partial charge in [-0.25, -0.2) is 13.4 Å². The van der Waals surface area contributed by atoms with E-state index in [9.17, 15) is 13.2 Å². The molecule has 0 radical (unpaired) electrons. The molecule has 30 heavy (non-hydrogen) atoms. The Morgan fingerprint density at radius 3 is 2.90 bits per heavy atom. The molecule has 0 spiro atoms. The van der Waals surface area contributed by atoms with Crippen molar-refractivity contribution in [3.05, 3.63) is 64.6 Å². The van der Waals surface area contributed by atoms with Crippen LogP contribution in [0.3, 0.4) is 0 Å². The SMILES string of the molecule is Cc1cccc(-n2ccnc2SCC(=O)N(Cc2cccs2)C2CCS(=O)(=O)C2)c1. The number of benzene rings is 1. The van der Waals surface area contributed by atoms with Crippen molar-refractivity contribution in [2.24, 2.45) is 0 Å². The van der Waals surface area contributed by atoms with Gasteiger partial charge in [-0.2, -0.15) is 0 Å². The van der Waals surface area contributed by atoms with Gasteiger partial charge in [-0.05, 0) is 42.5 Å². The Hall–Kier alpha value is -2.10. The smallest absolute Gasteiger partial charge is 0.233 e. The number of carbonyl (C=O) groups is 1. The van der Waals surface area contributed by atoms with Gasteiger partial charge < -0.3 is 4.90 Å². The maximum atomic E-state index is 13.1.